The van der Waals surface area contributed by atoms with Crippen LogP contribution < -0.4 is 10.6 Å². The lowest BCUT2D eigenvalue weighted by molar-refractivity contribution is -0.121. The SMILES string of the molecule is CNCCCC(=O)NCC(C)(C)c1ccc(Br)cc1. The van der Waals surface area contributed by atoms with E-state index in [4.69, 9.17) is 0 Å². The summed E-state index contributed by atoms with van der Waals surface area (Å²) in [7, 11) is 1.90. The van der Waals surface area contributed by atoms with Crippen molar-refractivity contribution in [2.24, 2.45) is 0 Å². The molecule has 3 nitrogen and oxygen atoms in total. The zero-order valence-electron chi connectivity index (χ0n) is 11.9. The van der Waals surface area contributed by atoms with Crippen LogP contribution in [-0.4, -0.2) is 26.0 Å². The van der Waals surface area contributed by atoms with E-state index in [2.05, 4.69) is 52.5 Å². The van der Waals surface area contributed by atoms with E-state index in [9.17, 15) is 4.79 Å². The highest BCUT2D eigenvalue weighted by Crippen LogP contribution is 2.24. The van der Waals surface area contributed by atoms with Crippen LogP contribution in [0.25, 0.3) is 0 Å². The third-order valence-electron chi connectivity index (χ3n) is 3.18. The van der Waals surface area contributed by atoms with E-state index in [1.807, 2.05) is 19.2 Å². The highest BCUT2D eigenvalue weighted by molar-refractivity contribution is 9.10. The summed E-state index contributed by atoms with van der Waals surface area (Å²) in [5, 5.41) is 6.06. The van der Waals surface area contributed by atoms with E-state index < -0.39 is 0 Å². The number of carbonyl (C=O) groups is 1. The molecule has 0 aliphatic carbocycles. The van der Waals surface area contributed by atoms with Crippen molar-refractivity contribution >= 4 is 21.8 Å². The van der Waals surface area contributed by atoms with Crippen LogP contribution in [0.15, 0.2) is 28.7 Å². The van der Waals surface area contributed by atoms with Crippen LogP contribution >= 0.6 is 15.9 Å². The van der Waals surface area contributed by atoms with Crippen LogP contribution in [-0.2, 0) is 10.2 Å². The van der Waals surface area contributed by atoms with Crippen molar-refractivity contribution < 1.29 is 4.79 Å². The van der Waals surface area contributed by atoms with E-state index in [0.717, 1.165) is 17.4 Å². The number of carbonyl (C=O) groups excluding carboxylic acids is 1. The first kappa shape index (κ1) is 16.2. The fraction of sp³-hybridized carbons (Fsp3) is 0.533. The second-order valence-electron chi connectivity index (χ2n) is 5.37. The molecule has 0 radical (unpaired) electrons. The fourth-order valence-electron chi connectivity index (χ4n) is 1.84. The monoisotopic (exact) mass is 326 g/mol. The average molecular weight is 327 g/mol. The van der Waals surface area contributed by atoms with Gasteiger partial charge in [0.05, 0.1) is 0 Å². The third-order valence-corrected chi connectivity index (χ3v) is 3.71. The maximum atomic E-state index is 11.7. The smallest absolute Gasteiger partial charge is 0.220 e. The molecule has 0 aromatic heterocycles. The molecule has 106 valence electrons. The van der Waals surface area contributed by atoms with Crippen molar-refractivity contribution in [1.29, 1.82) is 0 Å². The molecule has 4 heteroatoms. The number of benzene rings is 1. The maximum Gasteiger partial charge on any atom is 0.220 e. The van der Waals surface area contributed by atoms with E-state index in [-0.39, 0.29) is 11.3 Å². The molecule has 19 heavy (non-hydrogen) atoms. The third kappa shape index (κ3) is 5.74. The Morgan fingerprint density at radius 3 is 2.47 bits per heavy atom. The van der Waals surface area contributed by atoms with Crippen molar-refractivity contribution in [3.05, 3.63) is 34.3 Å². The molecule has 1 aromatic carbocycles. The summed E-state index contributed by atoms with van der Waals surface area (Å²) in [5.74, 6) is 0.125. The second kappa shape index (κ2) is 7.65. The summed E-state index contributed by atoms with van der Waals surface area (Å²) >= 11 is 3.43. The first-order chi connectivity index (χ1) is 8.95. The second-order valence-corrected chi connectivity index (χ2v) is 6.29. The van der Waals surface area contributed by atoms with Gasteiger partial charge in [-0.1, -0.05) is 41.9 Å². The average Bonchev–Trinajstić information content (AvgIpc) is 2.37. The Bertz CT molecular complexity index is 401. The van der Waals surface area contributed by atoms with Gasteiger partial charge in [-0.25, -0.2) is 0 Å². The molecule has 0 aliphatic rings. The van der Waals surface area contributed by atoms with E-state index in [1.165, 1.54) is 5.56 Å². The fourth-order valence-corrected chi connectivity index (χ4v) is 2.10. The summed E-state index contributed by atoms with van der Waals surface area (Å²) in [4.78, 5) is 11.7. The number of amides is 1. The van der Waals surface area contributed by atoms with Crippen molar-refractivity contribution in [1.82, 2.24) is 10.6 Å². The molecule has 1 aromatic rings. The van der Waals surface area contributed by atoms with Gasteiger partial charge in [-0.15, -0.1) is 0 Å². The summed E-state index contributed by atoms with van der Waals surface area (Å²) in [6, 6.07) is 8.26. The Balaban J connectivity index is 2.46. The normalized spacial score (nSPS) is 11.4. The minimum absolute atomic E-state index is 0.0562. The van der Waals surface area contributed by atoms with Gasteiger partial charge in [0.2, 0.25) is 5.91 Å². The van der Waals surface area contributed by atoms with Crippen LogP contribution in [0, 0.1) is 0 Å². The summed E-state index contributed by atoms with van der Waals surface area (Å²) in [6.45, 7) is 5.82. The molecular formula is C15H23BrN2O. The van der Waals surface area contributed by atoms with Gasteiger partial charge in [0, 0.05) is 22.9 Å². The molecule has 1 rings (SSSR count). The Morgan fingerprint density at radius 1 is 1.26 bits per heavy atom. The van der Waals surface area contributed by atoms with Crippen LogP contribution in [0.4, 0.5) is 0 Å². The lowest BCUT2D eigenvalue weighted by atomic mass is 9.84. The molecule has 0 saturated heterocycles. The Hall–Kier alpha value is -0.870. The number of rotatable bonds is 7. The van der Waals surface area contributed by atoms with Gasteiger partial charge >= 0.3 is 0 Å². The molecule has 0 saturated carbocycles. The van der Waals surface area contributed by atoms with Gasteiger partial charge in [-0.2, -0.15) is 0 Å². The quantitative estimate of drug-likeness (QED) is 0.756. The molecule has 0 unspecified atom stereocenters. The van der Waals surface area contributed by atoms with Crippen molar-refractivity contribution in [2.75, 3.05) is 20.1 Å². The van der Waals surface area contributed by atoms with Crippen molar-refractivity contribution in [3.8, 4) is 0 Å². The Kier molecular flexibility index (Phi) is 6.52. The maximum absolute atomic E-state index is 11.7. The van der Waals surface area contributed by atoms with Crippen LogP contribution in [0.2, 0.25) is 0 Å². The van der Waals surface area contributed by atoms with Crippen LogP contribution in [0.1, 0.15) is 32.3 Å². The molecule has 2 N–H and O–H groups in total. The highest BCUT2D eigenvalue weighted by Gasteiger charge is 2.21. The molecule has 0 fully saturated rings. The van der Waals surface area contributed by atoms with Crippen molar-refractivity contribution in [3.63, 3.8) is 0 Å². The lowest BCUT2D eigenvalue weighted by Crippen LogP contribution is -2.36. The van der Waals surface area contributed by atoms with Crippen LogP contribution in [0.3, 0.4) is 0 Å². The molecule has 0 heterocycles. The van der Waals surface area contributed by atoms with Gasteiger partial charge in [0.25, 0.3) is 0 Å². The lowest BCUT2D eigenvalue weighted by Gasteiger charge is -2.25. The molecule has 0 atom stereocenters. The minimum Gasteiger partial charge on any atom is -0.355 e. The zero-order chi connectivity index (χ0) is 14.3. The molecule has 1 amide bonds. The Morgan fingerprint density at radius 2 is 1.89 bits per heavy atom. The number of hydrogen-bond acceptors (Lipinski definition) is 2. The minimum atomic E-state index is -0.0562. The molecule has 0 bridgehead atoms. The summed E-state index contributed by atoms with van der Waals surface area (Å²) in [6.07, 6.45) is 1.46. The Labute approximate surface area is 124 Å². The van der Waals surface area contributed by atoms with E-state index in [1.54, 1.807) is 0 Å². The van der Waals surface area contributed by atoms with E-state index >= 15 is 0 Å². The number of halogens is 1. The highest BCUT2D eigenvalue weighted by atomic mass is 79.9. The largest absolute Gasteiger partial charge is 0.355 e. The molecule has 0 aliphatic heterocycles. The predicted octanol–water partition coefficient (Wildman–Crippen LogP) is 2.84. The first-order valence-corrected chi connectivity index (χ1v) is 7.42. The van der Waals surface area contributed by atoms with Gasteiger partial charge in [-0.05, 0) is 37.7 Å². The summed E-state index contributed by atoms with van der Waals surface area (Å²) in [5.41, 5.74) is 1.17. The van der Waals surface area contributed by atoms with Gasteiger partial charge in [0.1, 0.15) is 0 Å². The van der Waals surface area contributed by atoms with E-state index in [0.29, 0.717) is 13.0 Å². The standard InChI is InChI=1S/C15H23BrN2O/c1-15(2,12-6-8-13(16)9-7-12)11-18-14(19)5-4-10-17-3/h6-9,17H,4-5,10-11H2,1-3H3,(H,18,19). The van der Waals surface area contributed by atoms with Gasteiger partial charge < -0.3 is 10.6 Å². The van der Waals surface area contributed by atoms with Gasteiger partial charge in [-0.3, -0.25) is 4.79 Å². The van der Waals surface area contributed by atoms with Gasteiger partial charge in [0.15, 0.2) is 0 Å². The molecular weight excluding hydrogens is 304 g/mol. The molecule has 0 spiro atoms. The number of nitrogens with one attached hydrogen (secondary N) is 2. The van der Waals surface area contributed by atoms with Crippen LogP contribution in [0.5, 0.6) is 0 Å². The van der Waals surface area contributed by atoms with Crippen molar-refractivity contribution in [2.45, 2.75) is 32.1 Å². The topological polar surface area (TPSA) is 41.1 Å². The zero-order valence-corrected chi connectivity index (χ0v) is 13.5. The predicted molar refractivity (Wildman–Crippen MR) is 83.3 cm³/mol. The number of hydrogen-bond donors (Lipinski definition) is 2. The first-order valence-electron chi connectivity index (χ1n) is 6.63. The summed E-state index contributed by atoms with van der Waals surface area (Å²) < 4.78 is 1.07.